The summed E-state index contributed by atoms with van der Waals surface area (Å²) in [6, 6.07) is 6.92. The van der Waals surface area contributed by atoms with E-state index in [1.54, 1.807) is 41.9 Å². The Kier molecular flexibility index (Phi) is 6.79. The first-order valence-electron chi connectivity index (χ1n) is 12.5. The van der Waals surface area contributed by atoms with E-state index in [1.807, 2.05) is 0 Å². The first kappa shape index (κ1) is 24.3. The highest BCUT2D eigenvalue weighted by Crippen LogP contribution is 2.43. The highest BCUT2D eigenvalue weighted by molar-refractivity contribution is 8.00. The van der Waals surface area contributed by atoms with Gasteiger partial charge in [-0.2, -0.15) is 0 Å². The molecular formula is C27H27N5O3S2. The molecule has 1 amide bonds. The van der Waals surface area contributed by atoms with Crippen LogP contribution in [0.3, 0.4) is 0 Å². The lowest BCUT2D eigenvalue weighted by atomic mass is 9.90. The van der Waals surface area contributed by atoms with Crippen LogP contribution in [-0.4, -0.2) is 58.7 Å². The Bertz CT molecular complexity index is 1500. The van der Waals surface area contributed by atoms with E-state index in [4.69, 9.17) is 9.72 Å². The van der Waals surface area contributed by atoms with Crippen LogP contribution in [0.1, 0.15) is 41.3 Å². The molecule has 0 atom stereocenters. The molecule has 0 radical (unpaired) electrons. The molecule has 1 saturated heterocycles. The molecule has 0 unspecified atom stereocenters. The molecule has 0 bridgehead atoms. The van der Waals surface area contributed by atoms with Crippen molar-refractivity contribution in [3.8, 4) is 0 Å². The Morgan fingerprint density at radius 2 is 1.84 bits per heavy atom. The molecule has 1 N–H and O–H groups in total. The number of amides is 1. The number of morpholine rings is 1. The maximum atomic E-state index is 12.7. The monoisotopic (exact) mass is 533 g/mol. The van der Waals surface area contributed by atoms with Crippen molar-refractivity contribution in [2.45, 2.75) is 37.6 Å². The molecule has 0 saturated carbocycles. The third-order valence-corrected chi connectivity index (χ3v) is 9.09. The third kappa shape index (κ3) is 4.81. The van der Waals surface area contributed by atoms with Crippen LogP contribution in [-0.2, 0) is 22.4 Å². The van der Waals surface area contributed by atoms with Crippen LogP contribution in [0.25, 0.3) is 20.4 Å². The zero-order chi connectivity index (χ0) is 25.4. The van der Waals surface area contributed by atoms with Crippen molar-refractivity contribution in [3.05, 3.63) is 47.3 Å². The summed E-state index contributed by atoms with van der Waals surface area (Å²) in [5.41, 5.74) is 4.97. The Morgan fingerprint density at radius 1 is 1.08 bits per heavy atom. The maximum absolute atomic E-state index is 12.7. The van der Waals surface area contributed by atoms with E-state index in [9.17, 15) is 9.59 Å². The summed E-state index contributed by atoms with van der Waals surface area (Å²) in [6.07, 6.45) is 6.03. The highest BCUT2D eigenvalue weighted by Gasteiger charge is 2.26. The van der Waals surface area contributed by atoms with Gasteiger partial charge in [0.2, 0.25) is 5.91 Å². The van der Waals surface area contributed by atoms with Crippen LogP contribution >= 0.6 is 23.1 Å². The van der Waals surface area contributed by atoms with Crippen molar-refractivity contribution in [2.24, 2.45) is 0 Å². The molecule has 190 valence electrons. The number of hydrogen-bond donors (Lipinski definition) is 1. The summed E-state index contributed by atoms with van der Waals surface area (Å²) in [4.78, 5) is 41.9. The van der Waals surface area contributed by atoms with Crippen LogP contribution < -0.4 is 10.2 Å². The van der Waals surface area contributed by atoms with Crippen molar-refractivity contribution in [1.29, 1.82) is 0 Å². The number of aryl methyl sites for hydroxylation is 1. The number of Topliss-reactive ketones (excluding diaryl/α,β-unsaturated/α-hetero) is 1. The molecule has 1 aliphatic carbocycles. The lowest BCUT2D eigenvalue weighted by molar-refractivity contribution is -0.113. The van der Waals surface area contributed by atoms with E-state index >= 15 is 0 Å². The fourth-order valence-electron chi connectivity index (χ4n) is 5.08. The number of hydrogen-bond acceptors (Lipinski definition) is 9. The SMILES string of the molecule is CC(=O)c1ccc(NC(=O)CSc2ncnc3c2sc2nc(N4CCOCC4)c4c(c23)CCCC4)cc1. The third-order valence-electron chi connectivity index (χ3n) is 6.89. The van der Waals surface area contributed by atoms with E-state index in [1.165, 1.54) is 42.7 Å². The molecular weight excluding hydrogens is 506 g/mol. The molecule has 10 heteroatoms. The highest BCUT2D eigenvalue weighted by atomic mass is 32.2. The van der Waals surface area contributed by atoms with Crippen molar-refractivity contribution < 1.29 is 14.3 Å². The quantitative estimate of drug-likeness (QED) is 0.213. The van der Waals surface area contributed by atoms with E-state index in [0.29, 0.717) is 11.3 Å². The average molecular weight is 534 g/mol. The number of thiophene rings is 1. The van der Waals surface area contributed by atoms with E-state index in [2.05, 4.69) is 20.2 Å². The van der Waals surface area contributed by atoms with E-state index in [0.717, 1.165) is 70.4 Å². The molecule has 1 fully saturated rings. The summed E-state index contributed by atoms with van der Waals surface area (Å²) < 4.78 is 6.57. The molecule has 0 spiro atoms. The number of fused-ring (bicyclic) bond motifs is 5. The number of carbonyl (C=O) groups excluding carboxylic acids is 2. The van der Waals surface area contributed by atoms with Gasteiger partial charge < -0.3 is 15.0 Å². The van der Waals surface area contributed by atoms with Gasteiger partial charge in [0.05, 0.1) is 29.2 Å². The van der Waals surface area contributed by atoms with Gasteiger partial charge in [-0.15, -0.1) is 11.3 Å². The smallest absolute Gasteiger partial charge is 0.234 e. The summed E-state index contributed by atoms with van der Waals surface area (Å²) in [5.74, 6) is 1.20. The fraction of sp³-hybridized carbons (Fsp3) is 0.370. The van der Waals surface area contributed by atoms with Gasteiger partial charge in [0.25, 0.3) is 0 Å². The van der Waals surface area contributed by atoms with Crippen molar-refractivity contribution in [3.63, 3.8) is 0 Å². The second kappa shape index (κ2) is 10.4. The second-order valence-corrected chi connectivity index (χ2v) is 11.3. The standard InChI is InChI=1S/C27H27N5O3S2/c1-16(33)17-6-8-18(9-7-17)30-21(34)14-36-27-24-23(28-15-29-27)22-19-4-2-3-5-20(19)25(31-26(22)37-24)32-10-12-35-13-11-32/h6-9,15H,2-5,10-14H2,1H3,(H,30,34). The predicted molar refractivity (Wildman–Crippen MR) is 148 cm³/mol. The van der Waals surface area contributed by atoms with Crippen LogP contribution in [0.15, 0.2) is 35.6 Å². The van der Waals surface area contributed by atoms with Gasteiger partial charge in [0.15, 0.2) is 5.78 Å². The largest absolute Gasteiger partial charge is 0.378 e. The predicted octanol–water partition coefficient (Wildman–Crippen LogP) is 4.89. The minimum Gasteiger partial charge on any atom is -0.378 e. The number of nitrogens with one attached hydrogen (secondary N) is 1. The van der Waals surface area contributed by atoms with E-state index in [-0.39, 0.29) is 17.4 Å². The molecule has 4 aromatic rings. The molecule has 4 heterocycles. The van der Waals surface area contributed by atoms with Gasteiger partial charge in [-0.05, 0) is 68.0 Å². The number of benzene rings is 1. The van der Waals surface area contributed by atoms with Gasteiger partial charge in [-0.1, -0.05) is 11.8 Å². The van der Waals surface area contributed by atoms with Crippen LogP contribution in [0, 0.1) is 0 Å². The van der Waals surface area contributed by atoms with Gasteiger partial charge in [-0.3, -0.25) is 9.59 Å². The van der Waals surface area contributed by atoms with Crippen molar-refractivity contribution in [2.75, 3.05) is 42.3 Å². The summed E-state index contributed by atoms with van der Waals surface area (Å²) >= 11 is 3.03. The molecule has 37 heavy (non-hydrogen) atoms. The molecule has 2 aliphatic rings. The van der Waals surface area contributed by atoms with E-state index < -0.39 is 0 Å². The molecule has 6 rings (SSSR count). The number of nitrogens with zero attached hydrogens (tertiary/aromatic N) is 4. The van der Waals surface area contributed by atoms with Gasteiger partial charge in [-0.25, -0.2) is 15.0 Å². The molecule has 8 nitrogen and oxygen atoms in total. The number of aromatic nitrogens is 3. The number of carbonyl (C=O) groups is 2. The zero-order valence-corrected chi connectivity index (χ0v) is 22.2. The van der Waals surface area contributed by atoms with Gasteiger partial charge in [0.1, 0.15) is 22.0 Å². The fourth-order valence-corrected chi connectivity index (χ4v) is 7.11. The number of rotatable bonds is 6. The van der Waals surface area contributed by atoms with Crippen LogP contribution in [0.5, 0.6) is 0 Å². The lowest BCUT2D eigenvalue weighted by Gasteiger charge is -2.31. The Labute approximate surface area is 222 Å². The molecule has 3 aromatic heterocycles. The Hall–Kier alpha value is -3.08. The summed E-state index contributed by atoms with van der Waals surface area (Å²) in [6.45, 7) is 4.72. The zero-order valence-electron chi connectivity index (χ0n) is 20.6. The van der Waals surface area contributed by atoms with Crippen LogP contribution in [0.4, 0.5) is 11.5 Å². The summed E-state index contributed by atoms with van der Waals surface area (Å²) in [7, 11) is 0. The van der Waals surface area contributed by atoms with Gasteiger partial charge in [0, 0.05) is 29.7 Å². The van der Waals surface area contributed by atoms with Crippen molar-refractivity contribution >= 4 is 66.7 Å². The van der Waals surface area contributed by atoms with Crippen LogP contribution in [0.2, 0.25) is 0 Å². The topological polar surface area (TPSA) is 97.3 Å². The minimum absolute atomic E-state index is 0.00244. The lowest BCUT2D eigenvalue weighted by Crippen LogP contribution is -2.37. The number of ether oxygens (including phenoxy) is 1. The van der Waals surface area contributed by atoms with Gasteiger partial charge >= 0.3 is 0 Å². The summed E-state index contributed by atoms with van der Waals surface area (Å²) in [5, 5.41) is 4.86. The minimum atomic E-state index is -0.126. The molecule has 1 aromatic carbocycles. The Morgan fingerprint density at radius 3 is 2.59 bits per heavy atom. The normalized spacial score (nSPS) is 15.6. The second-order valence-electron chi connectivity index (χ2n) is 9.31. The molecule has 1 aliphatic heterocycles. The first-order valence-corrected chi connectivity index (χ1v) is 14.3. The number of anilines is 2. The first-order chi connectivity index (χ1) is 18.1. The van der Waals surface area contributed by atoms with Crippen molar-refractivity contribution in [1.82, 2.24) is 15.0 Å². The Balaban J connectivity index is 1.29. The average Bonchev–Trinajstić information content (AvgIpc) is 3.32. The number of thioether (sulfide) groups is 1. The maximum Gasteiger partial charge on any atom is 0.234 e. The number of pyridine rings is 1. The number of ketones is 1.